The Hall–Kier alpha value is -1.84. The summed E-state index contributed by atoms with van der Waals surface area (Å²) in [5.41, 5.74) is 0.921. The number of nitrogens with one attached hydrogen (secondary N) is 1. The van der Waals surface area contributed by atoms with E-state index in [4.69, 9.17) is 0 Å². The van der Waals surface area contributed by atoms with Gasteiger partial charge in [0.05, 0.1) is 5.92 Å². The molecule has 21 heavy (non-hydrogen) atoms. The Morgan fingerprint density at radius 2 is 1.81 bits per heavy atom. The van der Waals surface area contributed by atoms with Crippen molar-refractivity contribution in [1.29, 1.82) is 0 Å². The Balaban J connectivity index is 2.84. The lowest BCUT2D eigenvalue weighted by molar-refractivity contribution is -0.142. The summed E-state index contributed by atoms with van der Waals surface area (Å²) in [7, 11) is 0. The van der Waals surface area contributed by atoms with E-state index in [1.807, 2.05) is 51.1 Å². The molecule has 2 N–H and O–H groups in total. The summed E-state index contributed by atoms with van der Waals surface area (Å²) < 4.78 is 0. The van der Waals surface area contributed by atoms with Gasteiger partial charge in [-0.15, -0.1) is 0 Å². The second-order valence-corrected chi connectivity index (χ2v) is 5.67. The normalized spacial score (nSPS) is 13.7. The van der Waals surface area contributed by atoms with E-state index in [1.54, 1.807) is 0 Å². The Morgan fingerprint density at radius 3 is 2.29 bits per heavy atom. The highest BCUT2D eigenvalue weighted by Gasteiger charge is 2.28. The summed E-state index contributed by atoms with van der Waals surface area (Å²) >= 11 is 0. The molecule has 1 amide bonds. The van der Waals surface area contributed by atoms with Crippen LogP contribution in [0.25, 0.3) is 0 Å². The molecule has 0 aromatic heterocycles. The maximum Gasteiger partial charge on any atom is 0.326 e. The Kier molecular flexibility index (Phi) is 6.92. The summed E-state index contributed by atoms with van der Waals surface area (Å²) in [6.45, 7) is 5.94. The molecule has 0 heterocycles. The molecular formula is C17H25NO3. The first-order valence-electron chi connectivity index (χ1n) is 7.55. The number of carboxylic acids is 1. The Labute approximate surface area is 126 Å². The maximum atomic E-state index is 12.5. The highest BCUT2D eigenvalue weighted by Crippen LogP contribution is 2.24. The van der Waals surface area contributed by atoms with Crippen molar-refractivity contribution in [3.05, 3.63) is 35.9 Å². The van der Waals surface area contributed by atoms with Crippen LogP contribution in [0.4, 0.5) is 0 Å². The van der Waals surface area contributed by atoms with Crippen molar-refractivity contribution in [1.82, 2.24) is 5.32 Å². The van der Waals surface area contributed by atoms with Gasteiger partial charge in [-0.25, -0.2) is 4.79 Å². The van der Waals surface area contributed by atoms with Gasteiger partial charge in [-0.05, 0) is 17.9 Å². The van der Waals surface area contributed by atoms with E-state index in [0.717, 1.165) is 18.4 Å². The van der Waals surface area contributed by atoms with Crippen LogP contribution in [0.15, 0.2) is 30.3 Å². The predicted octanol–water partition coefficient (Wildman–Crippen LogP) is 3.19. The number of unbranched alkanes of at least 4 members (excludes halogenated alkanes) is 1. The zero-order chi connectivity index (χ0) is 15.8. The van der Waals surface area contributed by atoms with Crippen molar-refractivity contribution in [3.8, 4) is 0 Å². The minimum absolute atomic E-state index is 0.105. The lowest BCUT2D eigenvalue weighted by Crippen LogP contribution is -2.44. The zero-order valence-electron chi connectivity index (χ0n) is 13.0. The van der Waals surface area contributed by atoms with Crippen molar-refractivity contribution in [2.45, 2.75) is 52.0 Å². The fourth-order valence-corrected chi connectivity index (χ4v) is 2.43. The standard InChI is InChI=1S/C17H25NO3/c1-4-5-11-14(17(20)21)18-16(19)15(12(2)3)13-9-7-6-8-10-13/h6-10,12,14-15H,4-5,11H2,1-3H3,(H,18,19)(H,20,21)/t14-,15?/m0/s1. The SMILES string of the molecule is CCCC[C@H](NC(=O)C(c1ccccc1)C(C)C)C(=O)O. The van der Waals surface area contributed by atoms with Crippen LogP contribution in [0.3, 0.4) is 0 Å². The van der Waals surface area contributed by atoms with Crippen LogP contribution in [0, 0.1) is 5.92 Å². The quantitative estimate of drug-likeness (QED) is 0.773. The largest absolute Gasteiger partial charge is 0.480 e. The highest BCUT2D eigenvalue weighted by atomic mass is 16.4. The smallest absolute Gasteiger partial charge is 0.326 e. The second-order valence-electron chi connectivity index (χ2n) is 5.67. The fraction of sp³-hybridized carbons (Fsp3) is 0.529. The lowest BCUT2D eigenvalue weighted by atomic mass is 9.87. The van der Waals surface area contributed by atoms with Gasteiger partial charge in [-0.2, -0.15) is 0 Å². The molecule has 1 unspecified atom stereocenters. The van der Waals surface area contributed by atoms with Gasteiger partial charge in [0.1, 0.15) is 6.04 Å². The first-order valence-corrected chi connectivity index (χ1v) is 7.55. The van der Waals surface area contributed by atoms with E-state index < -0.39 is 12.0 Å². The minimum atomic E-state index is -0.965. The van der Waals surface area contributed by atoms with Crippen molar-refractivity contribution in [2.75, 3.05) is 0 Å². The predicted molar refractivity (Wildman–Crippen MR) is 83.1 cm³/mol. The molecule has 116 valence electrons. The molecule has 0 aliphatic carbocycles. The van der Waals surface area contributed by atoms with Crippen LogP contribution >= 0.6 is 0 Å². The molecule has 0 aliphatic heterocycles. The monoisotopic (exact) mass is 291 g/mol. The van der Waals surface area contributed by atoms with E-state index in [-0.39, 0.29) is 17.7 Å². The highest BCUT2D eigenvalue weighted by molar-refractivity contribution is 5.88. The number of benzene rings is 1. The van der Waals surface area contributed by atoms with E-state index in [0.29, 0.717) is 6.42 Å². The molecule has 0 radical (unpaired) electrons. The van der Waals surface area contributed by atoms with Gasteiger partial charge >= 0.3 is 5.97 Å². The van der Waals surface area contributed by atoms with Crippen LogP contribution in [0.1, 0.15) is 51.5 Å². The summed E-state index contributed by atoms with van der Waals surface area (Å²) in [6, 6.07) is 8.70. The van der Waals surface area contributed by atoms with Crippen LogP contribution in [-0.4, -0.2) is 23.0 Å². The van der Waals surface area contributed by atoms with Gasteiger partial charge in [0.15, 0.2) is 0 Å². The van der Waals surface area contributed by atoms with Gasteiger partial charge in [0.25, 0.3) is 0 Å². The molecule has 1 aromatic rings. The molecule has 1 rings (SSSR count). The summed E-state index contributed by atoms with van der Waals surface area (Å²) in [6.07, 6.45) is 2.16. The molecule has 0 saturated carbocycles. The summed E-state index contributed by atoms with van der Waals surface area (Å²) in [5.74, 6) is -1.39. The summed E-state index contributed by atoms with van der Waals surface area (Å²) in [4.78, 5) is 23.7. The molecule has 2 atom stereocenters. The van der Waals surface area contributed by atoms with Crippen LogP contribution in [-0.2, 0) is 9.59 Å². The number of carboxylic acid groups (broad SMARTS) is 1. The van der Waals surface area contributed by atoms with E-state index in [2.05, 4.69) is 5.32 Å². The first kappa shape index (κ1) is 17.2. The molecule has 4 heteroatoms. The average molecular weight is 291 g/mol. The van der Waals surface area contributed by atoms with Crippen molar-refractivity contribution >= 4 is 11.9 Å². The minimum Gasteiger partial charge on any atom is -0.480 e. The van der Waals surface area contributed by atoms with Gasteiger partial charge in [-0.3, -0.25) is 4.79 Å². The van der Waals surface area contributed by atoms with Crippen molar-refractivity contribution in [3.63, 3.8) is 0 Å². The molecule has 0 aliphatic rings. The number of rotatable bonds is 8. The summed E-state index contributed by atoms with van der Waals surface area (Å²) in [5, 5.41) is 11.9. The maximum absolute atomic E-state index is 12.5. The lowest BCUT2D eigenvalue weighted by Gasteiger charge is -2.23. The molecule has 0 saturated heterocycles. The van der Waals surface area contributed by atoms with Crippen molar-refractivity contribution in [2.24, 2.45) is 5.92 Å². The average Bonchev–Trinajstić information content (AvgIpc) is 2.44. The topological polar surface area (TPSA) is 66.4 Å². The number of hydrogen-bond donors (Lipinski definition) is 2. The molecule has 0 spiro atoms. The molecule has 0 fully saturated rings. The number of hydrogen-bond acceptors (Lipinski definition) is 2. The number of carbonyl (C=O) groups excluding carboxylic acids is 1. The van der Waals surface area contributed by atoms with Gasteiger partial charge in [-0.1, -0.05) is 63.9 Å². The molecule has 0 bridgehead atoms. The van der Waals surface area contributed by atoms with Crippen LogP contribution in [0.5, 0.6) is 0 Å². The van der Waals surface area contributed by atoms with E-state index >= 15 is 0 Å². The molecule has 4 nitrogen and oxygen atoms in total. The number of amides is 1. The van der Waals surface area contributed by atoms with Crippen LogP contribution < -0.4 is 5.32 Å². The van der Waals surface area contributed by atoms with Gasteiger partial charge in [0.2, 0.25) is 5.91 Å². The number of carbonyl (C=O) groups is 2. The Morgan fingerprint density at radius 1 is 1.19 bits per heavy atom. The first-order chi connectivity index (χ1) is 9.97. The number of aliphatic carboxylic acids is 1. The third kappa shape index (κ3) is 5.21. The third-order valence-corrected chi connectivity index (χ3v) is 3.57. The van der Waals surface area contributed by atoms with E-state index in [1.165, 1.54) is 0 Å². The molecular weight excluding hydrogens is 266 g/mol. The van der Waals surface area contributed by atoms with Crippen LogP contribution in [0.2, 0.25) is 0 Å². The van der Waals surface area contributed by atoms with Gasteiger partial charge < -0.3 is 10.4 Å². The fourth-order valence-electron chi connectivity index (χ4n) is 2.43. The van der Waals surface area contributed by atoms with Crippen molar-refractivity contribution < 1.29 is 14.7 Å². The van der Waals surface area contributed by atoms with E-state index in [9.17, 15) is 14.7 Å². The molecule has 1 aromatic carbocycles. The van der Waals surface area contributed by atoms with Gasteiger partial charge in [0, 0.05) is 0 Å². The second kappa shape index (κ2) is 8.45. The zero-order valence-corrected chi connectivity index (χ0v) is 13.0. The Bertz CT molecular complexity index is 456. The third-order valence-electron chi connectivity index (χ3n) is 3.57.